The molecule has 0 amide bonds. The Balaban J connectivity index is 1.61. The van der Waals surface area contributed by atoms with Gasteiger partial charge in [0.05, 0.1) is 15.1 Å². The van der Waals surface area contributed by atoms with Crippen LogP contribution in [0.1, 0.15) is 11.1 Å². The van der Waals surface area contributed by atoms with Crippen molar-refractivity contribution in [2.45, 2.75) is 18.7 Å². The van der Waals surface area contributed by atoms with Gasteiger partial charge in [-0.3, -0.25) is 4.72 Å². The van der Waals surface area contributed by atoms with Gasteiger partial charge in [-0.2, -0.15) is 0 Å². The molecule has 136 valence electrons. The van der Waals surface area contributed by atoms with E-state index < -0.39 is 10.0 Å². The Morgan fingerprint density at radius 2 is 1.67 bits per heavy atom. The van der Waals surface area contributed by atoms with Gasteiger partial charge in [0, 0.05) is 11.3 Å². The van der Waals surface area contributed by atoms with E-state index in [1.54, 1.807) is 36.5 Å². The third kappa shape index (κ3) is 3.59. The molecule has 0 atom stereocenters. The highest BCUT2D eigenvalue weighted by Gasteiger charge is 2.17. The van der Waals surface area contributed by atoms with E-state index in [0.717, 1.165) is 31.9 Å². The predicted octanol–water partition coefficient (Wildman–Crippen LogP) is 5.38. The van der Waals surface area contributed by atoms with Crippen LogP contribution < -0.4 is 4.72 Å². The summed E-state index contributed by atoms with van der Waals surface area (Å²) >= 11 is 1.62. The number of aryl methyl sites for hydroxylation is 2. The van der Waals surface area contributed by atoms with Crippen LogP contribution in [-0.4, -0.2) is 13.4 Å². The summed E-state index contributed by atoms with van der Waals surface area (Å²) in [6.45, 7) is 3.68. The molecule has 0 spiro atoms. The van der Waals surface area contributed by atoms with Crippen molar-refractivity contribution < 1.29 is 8.42 Å². The molecule has 0 aliphatic carbocycles. The van der Waals surface area contributed by atoms with E-state index in [2.05, 4.69) is 9.71 Å². The van der Waals surface area contributed by atoms with Gasteiger partial charge >= 0.3 is 0 Å². The Labute approximate surface area is 162 Å². The minimum absolute atomic E-state index is 0.303. The quantitative estimate of drug-likeness (QED) is 0.505. The predicted molar refractivity (Wildman–Crippen MR) is 112 cm³/mol. The van der Waals surface area contributed by atoms with E-state index in [9.17, 15) is 8.42 Å². The van der Waals surface area contributed by atoms with Crippen molar-refractivity contribution in [3.05, 3.63) is 77.9 Å². The van der Waals surface area contributed by atoms with Crippen molar-refractivity contribution in [1.82, 2.24) is 4.98 Å². The van der Waals surface area contributed by atoms with Crippen molar-refractivity contribution >= 4 is 37.3 Å². The molecule has 0 radical (unpaired) electrons. The molecular formula is C21H18N2O2S2. The zero-order valence-corrected chi connectivity index (χ0v) is 16.6. The minimum Gasteiger partial charge on any atom is -0.280 e. The van der Waals surface area contributed by atoms with E-state index in [1.165, 1.54) is 0 Å². The van der Waals surface area contributed by atoms with Crippen molar-refractivity contribution in [2.75, 3.05) is 4.72 Å². The molecule has 6 heteroatoms. The number of nitrogens with one attached hydrogen (secondary N) is 1. The first kappa shape index (κ1) is 17.7. The lowest BCUT2D eigenvalue weighted by atomic mass is 10.2. The fourth-order valence-electron chi connectivity index (χ4n) is 2.88. The Hall–Kier alpha value is -2.70. The summed E-state index contributed by atoms with van der Waals surface area (Å²) in [7, 11) is -3.63. The van der Waals surface area contributed by atoms with E-state index in [-0.39, 0.29) is 0 Å². The molecular weight excluding hydrogens is 376 g/mol. The van der Waals surface area contributed by atoms with Gasteiger partial charge in [-0.25, -0.2) is 13.4 Å². The van der Waals surface area contributed by atoms with Crippen LogP contribution in [0.4, 0.5) is 5.69 Å². The smallest absolute Gasteiger partial charge is 0.262 e. The van der Waals surface area contributed by atoms with Crippen LogP contribution in [0, 0.1) is 13.8 Å². The Morgan fingerprint density at radius 3 is 2.41 bits per heavy atom. The van der Waals surface area contributed by atoms with Gasteiger partial charge in [0.15, 0.2) is 0 Å². The number of anilines is 1. The van der Waals surface area contributed by atoms with E-state index in [1.807, 2.05) is 55.5 Å². The highest BCUT2D eigenvalue weighted by atomic mass is 32.2. The number of hydrogen-bond acceptors (Lipinski definition) is 4. The first-order valence-corrected chi connectivity index (χ1v) is 10.8. The molecule has 4 nitrogen and oxygen atoms in total. The summed E-state index contributed by atoms with van der Waals surface area (Å²) in [5.41, 5.74) is 4.09. The molecule has 0 saturated heterocycles. The summed E-state index contributed by atoms with van der Waals surface area (Å²) in [4.78, 5) is 4.94. The molecule has 4 aromatic rings. The van der Waals surface area contributed by atoms with E-state index >= 15 is 0 Å². The van der Waals surface area contributed by atoms with Gasteiger partial charge in [0.25, 0.3) is 10.0 Å². The van der Waals surface area contributed by atoms with E-state index in [4.69, 9.17) is 0 Å². The second kappa shape index (κ2) is 6.79. The third-order valence-corrected chi connectivity index (χ3v) is 6.92. The highest BCUT2D eigenvalue weighted by molar-refractivity contribution is 7.92. The summed E-state index contributed by atoms with van der Waals surface area (Å²) in [6.07, 6.45) is 0. The number of nitrogens with zero attached hydrogens (tertiary/aromatic N) is 1. The fraction of sp³-hybridized carbons (Fsp3) is 0.0952. The molecule has 4 rings (SSSR count). The van der Waals surface area contributed by atoms with Gasteiger partial charge in [0.1, 0.15) is 5.01 Å². The maximum Gasteiger partial charge on any atom is 0.262 e. The molecule has 1 heterocycles. The Morgan fingerprint density at radius 1 is 0.926 bits per heavy atom. The lowest BCUT2D eigenvalue weighted by Gasteiger charge is -2.11. The lowest BCUT2D eigenvalue weighted by molar-refractivity contribution is 0.600. The average molecular weight is 395 g/mol. The van der Waals surface area contributed by atoms with Crippen molar-refractivity contribution in [2.24, 2.45) is 0 Å². The zero-order valence-electron chi connectivity index (χ0n) is 14.9. The van der Waals surface area contributed by atoms with Crippen molar-refractivity contribution in [1.29, 1.82) is 0 Å². The maximum absolute atomic E-state index is 12.7. The number of fused-ring (bicyclic) bond motifs is 1. The standard InChI is InChI=1S/C21H18N2O2S2/c1-14-7-8-15(2)20(13-14)27(24,25)23-17-11-9-16(10-12-17)21-22-18-5-3-4-6-19(18)26-21/h3-13,23H,1-2H3. The zero-order chi connectivity index (χ0) is 19.0. The van der Waals surface area contributed by atoms with Crippen LogP contribution in [0.2, 0.25) is 0 Å². The van der Waals surface area contributed by atoms with Crippen LogP contribution in [-0.2, 0) is 10.0 Å². The van der Waals surface area contributed by atoms with Crippen LogP contribution >= 0.6 is 11.3 Å². The topological polar surface area (TPSA) is 59.1 Å². The first-order chi connectivity index (χ1) is 12.9. The van der Waals surface area contributed by atoms with Gasteiger partial charge in [-0.1, -0.05) is 24.3 Å². The van der Waals surface area contributed by atoms with Gasteiger partial charge < -0.3 is 0 Å². The molecule has 3 aromatic carbocycles. The third-order valence-electron chi connectivity index (χ3n) is 4.31. The SMILES string of the molecule is Cc1ccc(C)c(S(=O)(=O)Nc2ccc(-c3nc4ccccc4s3)cc2)c1. The summed E-state index contributed by atoms with van der Waals surface area (Å²) in [5.74, 6) is 0. The number of thiazole rings is 1. The number of hydrogen-bond donors (Lipinski definition) is 1. The van der Waals surface area contributed by atoms with Gasteiger partial charge in [-0.05, 0) is 67.4 Å². The lowest BCUT2D eigenvalue weighted by Crippen LogP contribution is -2.14. The highest BCUT2D eigenvalue weighted by Crippen LogP contribution is 2.31. The second-order valence-corrected chi connectivity index (χ2v) is 9.12. The molecule has 1 aromatic heterocycles. The monoisotopic (exact) mass is 394 g/mol. The number of aromatic nitrogens is 1. The average Bonchev–Trinajstić information content (AvgIpc) is 3.08. The first-order valence-electron chi connectivity index (χ1n) is 8.48. The normalized spacial score (nSPS) is 11.6. The molecule has 27 heavy (non-hydrogen) atoms. The number of sulfonamides is 1. The summed E-state index contributed by atoms with van der Waals surface area (Å²) in [6, 6.07) is 20.7. The summed E-state index contributed by atoms with van der Waals surface area (Å²) < 4.78 is 29.2. The Bertz CT molecular complexity index is 1190. The second-order valence-electron chi connectivity index (χ2n) is 6.44. The molecule has 0 fully saturated rings. The van der Waals surface area contributed by atoms with Crippen molar-refractivity contribution in [3.8, 4) is 10.6 Å². The molecule has 0 bridgehead atoms. The fourth-order valence-corrected chi connectivity index (χ4v) is 5.24. The number of rotatable bonds is 4. The molecule has 0 aliphatic heterocycles. The molecule has 0 aliphatic rings. The molecule has 1 N–H and O–H groups in total. The minimum atomic E-state index is -3.63. The van der Waals surface area contributed by atoms with E-state index in [0.29, 0.717) is 10.6 Å². The Kier molecular flexibility index (Phi) is 4.45. The van der Waals surface area contributed by atoms with Crippen LogP contribution in [0.25, 0.3) is 20.8 Å². The maximum atomic E-state index is 12.7. The van der Waals surface area contributed by atoms with Gasteiger partial charge in [-0.15, -0.1) is 11.3 Å². The molecule has 0 unspecified atom stereocenters. The van der Waals surface area contributed by atoms with Crippen LogP contribution in [0.15, 0.2) is 71.6 Å². The van der Waals surface area contributed by atoms with Crippen molar-refractivity contribution in [3.63, 3.8) is 0 Å². The largest absolute Gasteiger partial charge is 0.280 e. The number of para-hydroxylation sites is 1. The van der Waals surface area contributed by atoms with Crippen LogP contribution in [0.3, 0.4) is 0 Å². The van der Waals surface area contributed by atoms with Crippen LogP contribution in [0.5, 0.6) is 0 Å². The summed E-state index contributed by atoms with van der Waals surface area (Å²) in [5, 5.41) is 0.917. The molecule has 0 saturated carbocycles. The van der Waals surface area contributed by atoms with Gasteiger partial charge in [0.2, 0.25) is 0 Å². The number of benzene rings is 3.